The Morgan fingerprint density at radius 1 is 1.25 bits per heavy atom. The minimum Gasteiger partial charge on any atom is -0.508 e. The molecule has 0 atom stereocenters. The van der Waals surface area contributed by atoms with Crippen LogP contribution in [0, 0.1) is 6.92 Å². The molecular weight excluding hydrogens is 198 g/mol. The molecule has 0 aromatic heterocycles. The van der Waals surface area contributed by atoms with E-state index in [-0.39, 0.29) is 5.41 Å². The Morgan fingerprint density at radius 2 is 1.94 bits per heavy atom. The molecule has 88 valence electrons. The maximum atomic E-state index is 10.0. The van der Waals surface area contributed by atoms with E-state index in [1.165, 1.54) is 24.8 Å². The van der Waals surface area contributed by atoms with Crippen molar-refractivity contribution in [2.45, 2.75) is 44.4 Å². The molecule has 2 heteroatoms. The van der Waals surface area contributed by atoms with Crippen molar-refractivity contribution in [3.8, 4) is 5.75 Å². The van der Waals surface area contributed by atoms with Gasteiger partial charge in [0, 0.05) is 17.5 Å². The molecule has 0 bridgehead atoms. The van der Waals surface area contributed by atoms with Crippen LogP contribution >= 0.6 is 0 Å². The summed E-state index contributed by atoms with van der Waals surface area (Å²) in [5.41, 5.74) is 8.27. The maximum absolute atomic E-state index is 10.0. The third kappa shape index (κ3) is 1.94. The zero-order chi connectivity index (χ0) is 11.6. The van der Waals surface area contributed by atoms with E-state index in [2.05, 4.69) is 13.0 Å². The monoisotopic (exact) mass is 219 g/mol. The van der Waals surface area contributed by atoms with Gasteiger partial charge in [-0.25, -0.2) is 0 Å². The van der Waals surface area contributed by atoms with Gasteiger partial charge in [0.25, 0.3) is 0 Å². The SMILES string of the molecule is Cc1ccc(O)c(C2(CN)CCCCC2)c1. The molecule has 2 nitrogen and oxygen atoms in total. The maximum Gasteiger partial charge on any atom is 0.119 e. The molecule has 1 aliphatic rings. The van der Waals surface area contributed by atoms with Crippen molar-refractivity contribution in [1.82, 2.24) is 0 Å². The van der Waals surface area contributed by atoms with Crippen LogP contribution in [-0.2, 0) is 5.41 Å². The lowest BCUT2D eigenvalue weighted by molar-refractivity contribution is 0.291. The lowest BCUT2D eigenvalue weighted by atomic mass is 9.69. The molecule has 0 heterocycles. The second-order valence-electron chi connectivity index (χ2n) is 5.07. The number of phenolic OH excluding ortho intramolecular Hbond substituents is 1. The standard InChI is InChI=1S/C14H21NO/c1-11-5-6-13(16)12(9-11)14(10-15)7-3-2-4-8-14/h5-6,9,16H,2-4,7-8,10,15H2,1H3. The van der Waals surface area contributed by atoms with Crippen LogP contribution < -0.4 is 5.73 Å². The molecule has 0 unspecified atom stereocenters. The molecule has 0 aliphatic heterocycles. The van der Waals surface area contributed by atoms with Gasteiger partial charge < -0.3 is 10.8 Å². The zero-order valence-electron chi connectivity index (χ0n) is 10.00. The Hall–Kier alpha value is -1.02. The highest BCUT2D eigenvalue weighted by Crippen LogP contribution is 2.42. The smallest absolute Gasteiger partial charge is 0.119 e. The van der Waals surface area contributed by atoms with Gasteiger partial charge in [-0.15, -0.1) is 0 Å². The summed E-state index contributed by atoms with van der Waals surface area (Å²) in [6, 6.07) is 5.86. The quantitative estimate of drug-likeness (QED) is 0.803. The van der Waals surface area contributed by atoms with E-state index in [4.69, 9.17) is 5.73 Å². The summed E-state index contributed by atoms with van der Waals surface area (Å²) < 4.78 is 0. The van der Waals surface area contributed by atoms with Crippen LogP contribution in [0.1, 0.15) is 43.2 Å². The summed E-state index contributed by atoms with van der Waals surface area (Å²) in [5.74, 6) is 0.415. The average Bonchev–Trinajstić information content (AvgIpc) is 2.33. The van der Waals surface area contributed by atoms with Gasteiger partial charge in [0.15, 0.2) is 0 Å². The normalized spacial score (nSPS) is 19.6. The van der Waals surface area contributed by atoms with Gasteiger partial charge >= 0.3 is 0 Å². The molecular formula is C14H21NO. The molecule has 1 saturated carbocycles. The number of hydrogen-bond donors (Lipinski definition) is 2. The minimum absolute atomic E-state index is 0.0222. The highest BCUT2D eigenvalue weighted by molar-refractivity contribution is 5.42. The fraction of sp³-hybridized carbons (Fsp3) is 0.571. The van der Waals surface area contributed by atoms with Crippen LogP contribution in [0.3, 0.4) is 0 Å². The lowest BCUT2D eigenvalue weighted by Crippen LogP contribution is -2.37. The van der Waals surface area contributed by atoms with E-state index in [9.17, 15) is 5.11 Å². The van der Waals surface area contributed by atoms with Crippen LogP contribution in [-0.4, -0.2) is 11.7 Å². The van der Waals surface area contributed by atoms with Crippen LogP contribution in [0.25, 0.3) is 0 Å². The topological polar surface area (TPSA) is 46.2 Å². The Morgan fingerprint density at radius 3 is 2.56 bits per heavy atom. The number of hydrogen-bond acceptors (Lipinski definition) is 2. The highest BCUT2D eigenvalue weighted by Gasteiger charge is 2.34. The van der Waals surface area contributed by atoms with Gasteiger partial charge in [-0.3, -0.25) is 0 Å². The van der Waals surface area contributed by atoms with Crippen molar-refractivity contribution >= 4 is 0 Å². The first-order chi connectivity index (χ1) is 7.68. The second kappa shape index (κ2) is 4.46. The number of phenols is 1. The summed E-state index contributed by atoms with van der Waals surface area (Å²) in [4.78, 5) is 0. The van der Waals surface area contributed by atoms with Crippen molar-refractivity contribution < 1.29 is 5.11 Å². The molecule has 0 amide bonds. The fourth-order valence-electron chi connectivity index (χ4n) is 2.89. The molecule has 16 heavy (non-hydrogen) atoms. The van der Waals surface area contributed by atoms with Crippen LogP contribution in [0.15, 0.2) is 18.2 Å². The van der Waals surface area contributed by atoms with Gasteiger partial charge in [0.2, 0.25) is 0 Å². The van der Waals surface area contributed by atoms with E-state index >= 15 is 0 Å². The molecule has 3 N–H and O–H groups in total. The van der Waals surface area contributed by atoms with Gasteiger partial charge in [-0.2, -0.15) is 0 Å². The summed E-state index contributed by atoms with van der Waals surface area (Å²) in [6.07, 6.45) is 5.98. The number of nitrogens with two attached hydrogens (primary N) is 1. The van der Waals surface area contributed by atoms with Crippen molar-refractivity contribution in [2.24, 2.45) is 5.73 Å². The van der Waals surface area contributed by atoms with E-state index in [1.54, 1.807) is 6.07 Å². The minimum atomic E-state index is 0.0222. The van der Waals surface area contributed by atoms with Crippen molar-refractivity contribution in [3.63, 3.8) is 0 Å². The Labute approximate surface area is 97.5 Å². The summed E-state index contributed by atoms with van der Waals surface area (Å²) in [6.45, 7) is 2.71. The third-order valence-electron chi connectivity index (χ3n) is 3.92. The molecule has 1 aliphatic carbocycles. The molecule has 2 rings (SSSR count). The summed E-state index contributed by atoms with van der Waals surface area (Å²) in [7, 11) is 0. The molecule has 0 spiro atoms. The second-order valence-corrected chi connectivity index (χ2v) is 5.07. The molecule has 0 radical (unpaired) electrons. The Balaban J connectivity index is 2.42. The molecule has 0 saturated heterocycles. The van der Waals surface area contributed by atoms with Crippen LogP contribution in [0.5, 0.6) is 5.75 Å². The van der Waals surface area contributed by atoms with Crippen LogP contribution in [0.2, 0.25) is 0 Å². The van der Waals surface area contributed by atoms with Crippen molar-refractivity contribution in [2.75, 3.05) is 6.54 Å². The molecule has 1 aromatic carbocycles. The summed E-state index contributed by atoms with van der Waals surface area (Å²) in [5, 5.41) is 10.0. The Kier molecular flexibility index (Phi) is 3.20. The first-order valence-corrected chi connectivity index (χ1v) is 6.18. The molecule has 1 fully saturated rings. The zero-order valence-corrected chi connectivity index (χ0v) is 10.00. The van der Waals surface area contributed by atoms with Gasteiger partial charge in [0.05, 0.1) is 0 Å². The fourth-order valence-corrected chi connectivity index (χ4v) is 2.89. The highest BCUT2D eigenvalue weighted by atomic mass is 16.3. The number of aryl methyl sites for hydroxylation is 1. The van der Waals surface area contributed by atoms with Crippen molar-refractivity contribution in [3.05, 3.63) is 29.3 Å². The predicted octanol–water partition coefficient (Wildman–Crippen LogP) is 2.86. The summed E-state index contributed by atoms with van der Waals surface area (Å²) >= 11 is 0. The number of rotatable bonds is 2. The lowest BCUT2D eigenvalue weighted by Gasteiger charge is -2.37. The van der Waals surface area contributed by atoms with E-state index < -0.39 is 0 Å². The predicted molar refractivity (Wildman–Crippen MR) is 66.7 cm³/mol. The van der Waals surface area contributed by atoms with E-state index in [0.29, 0.717) is 12.3 Å². The van der Waals surface area contributed by atoms with Gasteiger partial charge in [0.1, 0.15) is 5.75 Å². The average molecular weight is 219 g/mol. The van der Waals surface area contributed by atoms with Crippen molar-refractivity contribution in [1.29, 1.82) is 0 Å². The molecule has 1 aromatic rings. The van der Waals surface area contributed by atoms with Crippen LogP contribution in [0.4, 0.5) is 0 Å². The number of aromatic hydroxyl groups is 1. The first kappa shape index (κ1) is 11.5. The third-order valence-corrected chi connectivity index (χ3v) is 3.92. The first-order valence-electron chi connectivity index (χ1n) is 6.18. The largest absolute Gasteiger partial charge is 0.508 e. The van der Waals surface area contributed by atoms with Gasteiger partial charge in [-0.05, 0) is 25.8 Å². The number of benzene rings is 1. The Bertz CT molecular complexity index is 367. The van der Waals surface area contributed by atoms with Gasteiger partial charge in [-0.1, -0.05) is 37.0 Å². The van der Waals surface area contributed by atoms with E-state index in [1.807, 2.05) is 6.07 Å². The van der Waals surface area contributed by atoms with E-state index in [0.717, 1.165) is 18.4 Å².